The van der Waals surface area contributed by atoms with Gasteiger partial charge in [-0.25, -0.2) is 23.1 Å². The van der Waals surface area contributed by atoms with Crippen LogP contribution < -0.4 is 4.74 Å². The molecule has 0 radical (unpaired) electrons. The summed E-state index contributed by atoms with van der Waals surface area (Å²) in [6.45, 7) is 5.35. The Hall–Kier alpha value is -4.13. The topological polar surface area (TPSA) is 39.9 Å². The number of nitrogens with zero attached hydrogens (tertiary/aromatic N) is 3. The van der Waals surface area contributed by atoms with E-state index >= 15 is 0 Å². The molecule has 0 atom stereocenters. The van der Waals surface area contributed by atoms with E-state index in [4.69, 9.17) is 4.74 Å². The molecule has 3 aromatic carbocycles. The third-order valence-electron chi connectivity index (χ3n) is 6.15. The molecule has 0 saturated heterocycles. The number of rotatable bonds is 8. The number of aromatic nitrogens is 3. The van der Waals surface area contributed by atoms with Crippen molar-refractivity contribution in [1.82, 2.24) is 14.5 Å². The van der Waals surface area contributed by atoms with Gasteiger partial charge in [-0.05, 0) is 53.8 Å². The van der Waals surface area contributed by atoms with E-state index in [-0.39, 0.29) is 17.2 Å². The Labute approximate surface area is 213 Å². The summed E-state index contributed by atoms with van der Waals surface area (Å²) in [5.41, 5.74) is 4.06. The number of ether oxygens (including phenoxy) is 1. The summed E-state index contributed by atoms with van der Waals surface area (Å²) in [6.07, 6.45) is 4.59. The van der Waals surface area contributed by atoms with Crippen molar-refractivity contribution in [3.05, 3.63) is 102 Å². The van der Waals surface area contributed by atoms with Gasteiger partial charge in [0.25, 0.3) is 0 Å². The first-order chi connectivity index (χ1) is 17.9. The summed E-state index contributed by atoms with van der Waals surface area (Å²) in [5.74, 6) is -1.03. The van der Waals surface area contributed by atoms with Crippen molar-refractivity contribution in [2.24, 2.45) is 5.92 Å². The fourth-order valence-electron chi connectivity index (χ4n) is 4.11. The molecule has 0 spiro atoms. The average Bonchev–Trinajstić information content (AvgIpc) is 3.29. The molecule has 0 unspecified atom stereocenters. The molecule has 2 aliphatic rings. The summed E-state index contributed by atoms with van der Waals surface area (Å²) in [7, 11) is 0. The maximum Gasteiger partial charge on any atom is 0.169 e. The quantitative estimate of drug-likeness (QED) is 0.220. The van der Waals surface area contributed by atoms with E-state index in [9.17, 15) is 13.2 Å². The predicted molar refractivity (Wildman–Crippen MR) is 138 cm³/mol. The normalized spacial score (nSPS) is 11.4. The molecular formula is C30H26F3N3O. The molecule has 0 saturated carbocycles. The molecule has 5 rings (SSSR count). The molecule has 0 fully saturated rings. The van der Waals surface area contributed by atoms with Crippen LogP contribution in [-0.4, -0.2) is 21.1 Å². The molecule has 0 bridgehead atoms. The Morgan fingerprint density at radius 1 is 0.865 bits per heavy atom. The monoisotopic (exact) mass is 501 g/mol. The molecule has 0 aromatic heterocycles. The first-order valence-corrected chi connectivity index (χ1v) is 12.2. The Morgan fingerprint density at radius 2 is 1.65 bits per heavy atom. The number of fused-ring (bicyclic) bond motifs is 1. The van der Waals surface area contributed by atoms with Crippen molar-refractivity contribution in [2.45, 2.75) is 26.8 Å². The average molecular weight is 502 g/mol. The second-order valence-electron chi connectivity index (χ2n) is 9.40. The fourth-order valence-corrected chi connectivity index (χ4v) is 4.11. The van der Waals surface area contributed by atoms with Gasteiger partial charge in [0, 0.05) is 30.6 Å². The summed E-state index contributed by atoms with van der Waals surface area (Å²) in [4.78, 5) is 8.76. The van der Waals surface area contributed by atoms with Crippen LogP contribution in [0.25, 0.3) is 33.9 Å². The lowest BCUT2D eigenvalue weighted by molar-refractivity contribution is 0.289. The number of pyridine rings is 1. The largest absolute Gasteiger partial charge is 0.493 e. The minimum Gasteiger partial charge on any atom is -0.493 e. The van der Waals surface area contributed by atoms with E-state index in [0.717, 1.165) is 29.2 Å². The molecule has 3 aromatic rings. The number of hydrogen-bond donors (Lipinski definition) is 0. The maximum absolute atomic E-state index is 14.2. The summed E-state index contributed by atoms with van der Waals surface area (Å²) >= 11 is 0. The zero-order valence-corrected chi connectivity index (χ0v) is 20.6. The second-order valence-corrected chi connectivity index (χ2v) is 9.40. The molecule has 0 amide bonds. The Kier molecular flexibility index (Phi) is 6.95. The molecular weight excluding hydrogens is 475 g/mol. The van der Waals surface area contributed by atoms with E-state index < -0.39 is 11.6 Å². The molecule has 7 heteroatoms. The lowest BCUT2D eigenvalue weighted by Crippen LogP contribution is -2.03. The molecule has 0 N–H and O–H groups in total. The minimum atomic E-state index is -0.958. The van der Waals surface area contributed by atoms with Crippen molar-refractivity contribution in [2.75, 3.05) is 6.61 Å². The first kappa shape index (κ1) is 24.6. The lowest BCUT2D eigenvalue weighted by atomic mass is 10.0. The van der Waals surface area contributed by atoms with E-state index in [1.807, 2.05) is 41.2 Å². The highest BCUT2D eigenvalue weighted by Gasteiger charge is 2.17. The van der Waals surface area contributed by atoms with Crippen LogP contribution in [0.1, 0.15) is 25.8 Å². The Bertz CT molecular complexity index is 1490. The van der Waals surface area contributed by atoms with Crippen molar-refractivity contribution in [3.63, 3.8) is 0 Å². The predicted octanol–water partition coefficient (Wildman–Crippen LogP) is 7.61. The highest BCUT2D eigenvalue weighted by molar-refractivity contribution is 5.71. The van der Waals surface area contributed by atoms with Crippen LogP contribution in [0.3, 0.4) is 0 Å². The molecule has 2 heterocycles. The van der Waals surface area contributed by atoms with Crippen LogP contribution in [0.5, 0.6) is 5.75 Å². The third-order valence-corrected chi connectivity index (χ3v) is 6.15. The summed E-state index contributed by atoms with van der Waals surface area (Å²) in [5, 5.41) is 0. The highest BCUT2D eigenvalue weighted by atomic mass is 19.2. The van der Waals surface area contributed by atoms with Gasteiger partial charge in [-0.2, -0.15) is 0 Å². The molecule has 37 heavy (non-hydrogen) atoms. The van der Waals surface area contributed by atoms with Gasteiger partial charge in [-0.15, -0.1) is 0 Å². The zero-order valence-electron chi connectivity index (χ0n) is 20.6. The second kappa shape index (κ2) is 10.5. The van der Waals surface area contributed by atoms with E-state index in [2.05, 4.69) is 23.8 Å². The summed E-state index contributed by atoms with van der Waals surface area (Å²) < 4.78 is 49.5. The number of hydrogen-bond acceptors (Lipinski definition) is 3. The van der Waals surface area contributed by atoms with E-state index in [1.54, 1.807) is 12.1 Å². The van der Waals surface area contributed by atoms with Crippen LogP contribution in [0.4, 0.5) is 13.2 Å². The Morgan fingerprint density at radius 3 is 2.43 bits per heavy atom. The highest BCUT2D eigenvalue weighted by Crippen LogP contribution is 2.32. The van der Waals surface area contributed by atoms with Gasteiger partial charge in [0.05, 0.1) is 17.9 Å². The standard InChI is InChI=1S/C30H26F3N3O/c1-19(2)13-15-37-28-16-22(31)10-11-23(28)21-8-6-20(7-9-21)17-36-14-12-26-27(18-36)35-30(34-26)24-4-3-5-25(32)29(24)33/h3-12,14,16,18-19H,13,15,17H2,1-2H3. The van der Waals surface area contributed by atoms with Crippen molar-refractivity contribution in [1.29, 1.82) is 0 Å². The van der Waals surface area contributed by atoms with Crippen LogP contribution in [0.2, 0.25) is 0 Å². The molecule has 2 aliphatic heterocycles. The van der Waals surface area contributed by atoms with E-state index in [1.165, 1.54) is 24.3 Å². The van der Waals surface area contributed by atoms with Gasteiger partial charge in [0.2, 0.25) is 0 Å². The van der Waals surface area contributed by atoms with E-state index in [0.29, 0.717) is 36.2 Å². The number of imidazole rings is 1. The number of halogens is 3. The first-order valence-electron chi connectivity index (χ1n) is 12.2. The summed E-state index contributed by atoms with van der Waals surface area (Å²) in [6, 6.07) is 18.4. The molecule has 4 nitrogen and oxygen atoms in total. The smallest absolute Gasteiger partial charge is 0.169 e. The third kappa shape index (κ3) is 5.50. The van der Waals surface area contributed by atoms with Crippen molar-refractivity contribution >= 4 is 0 Å². The SMILES string of the molecule is CC(C)CCOc1cc(F)ccc1-c1ccc(Cn2ccc3nc(-c4cccc(F)c4F)nc-3c2)cc1. The molecule has 188 valence electrons. The van der Waals surface area contributed by atoms with Crippen LogP contribution in [0.15, 0.2) is 79.1 Å². The number of benzene rings is 3. The van der Waals surface area contributed by atoms with Gasteiger partial charge in [-0.3, -0.25) is 0 Å². The zero-order chi connectivity index (χ0) is 25.9. The van der Waals surface area contributed by atoms with Gasteiger partial charge in [-0.1, -0.05) is 44.2 Å². The Balaban J connectivity index is 1.34. The van der Waals surface area contributed by atoms with Crippen LogP contribution >= 0.6 is 0 Å². The van der Waals surface area contributed by atoms with Crippen molar-refractivity contribution < 1.29 is 17.9 Å². The minimum absolute atomic E-state index is 0.0340. The fraction of sp³-hybridized carbons (Fsp3) is 0.200. The van der Waals surface area contributed by atoms with Crippen LogP contribution in [0, 0.1) is 23.4 Å². The van der Waals surface area contributed by atoms with Gasteiger partial charge < -0.3 is 9.30 Å². The van der Waals surface area contributed by atoms with Gasteiger partial charge >= 0.3 is 0 Å². The van der Waals surface area contributed by atoms with Crippen LogP contribution in [-0.2, 0) is 6.54 Å². The lowest BCUT2D eigenvalue weighted by Gasteiger charge is -2.14. The van der Waals surface area contributed by atoms with Crippen molar-refractivity contribution in [3.8, 4) is 39.7 Å². The van der Waals surface area contributed by atoms with Gasteiger partial charge in [0.15, 0.2) is 17.5 Å². The maximum atomic E-state index is 14.2. The van der Waals surface area contributed by atoms with Gasteiger partial charge in [0.1, 0.15) is 17.3 Å². The molecule has 0 aliphatic carbocycles.